The average Bonchev–Trinajstić information content (AvgIpc) is 3.11. The van der Waals surface area contributed by atoms with Crippen molar-refractivity contribution in [2.24, 2.45) is 0 Å². The van der Waals surface area contributed by atoms with Gasteiger partial charge in [-0.2, -0.15) is 4.68 Å². The van der Waals surface area contributed by atoms with Gasteiger partial charge in [0.1, 0.15) is 0 Å². The number of hydrogen-bond acceptors (Lipinski definition) is 6. The number of carboxylic acids is 1. The van der Waals surface area contributed by atoms with Crippen molar-refractivity contribution in [3.05, 3.63) is 59.2 Å². The lowest BCUT2D eigenvalue weighted by molar-refractivity contribution is -0.113. The molecule has 0 aliphatic rings. The Hall–Kier alpha value is -3.20. The summed E-state index contributed by atoms with van der Waals surface area (Å²) in [7, 11) is 0. The van der Waals surface area contributed by atoms with Crippen molar-refractivity contribution >= 4 is 29.3 Å². The Bertz CT molecular complexity index is 1000. The lowest BCUT2D eigenvalue weighted by Gasteiger charge is -2.09. The van der Waals surface area contributed by atoms with Gasteiger partial charge >= 0.3 is 5.97 Å². The van der Waals surface area contributed by atoms with E-state index in [0.717, 1.165) is 16.8 Å². The Balaban J connectivity index is 1.69. The van der Waals surface area contributed by atoms with E-state index in [4.69, 9.17) is 0 Å². The Kier molecular flexibility index (Phi) is 5.51. The number of tetrazole rings is 1. The molecule has 0 unspecified atom stereocenters. The number of anilines is 1. The molecule has 8 nitrogen and oxygen atoms in total. The minimum absolute atomic E-state index is 0.0378. The molecule has 0 bridgehead atoms. The highest BCUT2D eigenvalue weighted by Crippen LogP contribution is 2.21. The number of benzene rings is 2. The number of nitrogens with one attached hydrogen (secondary N) is 1. The standard InChI is InChI=1S/C18H17N5O3S/c1-11-7-8-13(9-12(11)2)23-18(20-21-22-23)27-10-16(24)19-15-6-4-3-5-14(15)17(25)26/h3-9H,10H2,1-2H3,(H,19,24)(H,25,26). The first-order chi connectivity index (χ1) is 13.0. The summed E-state index contributed by atoms with van der Waals surface area (Å²) in [5, 5.41) is 23.9. The Morgan fingerprint density at radius 3 is 2.67 bits per heavy atom. The summed E-state index contributed by atoms with van der Waals surface area (Å²) >= 11 is 1.17. The number of nitrogens with zero attached hydrogens (tertiary/aromatic N) is 4. The summed E-state index contributed by atoms with van der Waals surface area (Å²) in [6, 6.07) is 12.1. The van der Waals surface area contributed by atoms with Gasteiger partial charge < -0.3 is 10.4 Å². The van der Waals surface area contributed by atoms with Crippen LogP contribution < -0.4 is 5.32 Å². The van der Waals surface area contributed by atoms with E-state index in [-0.39, 0.29) is 22.9 Å². The van der Waals surface area contributed by atoms with Crippen molar-refractivity contribution in [2.45, 2.75) is 19.0 Å². The first-order valence-electron chi connectivity index (χ1n) is 8.06. The van der Waals surface area contributed by atoms with Gasteiger partial charge in [-0.1, -0.05) is 30.0 Å². The molecule has 3 rings (SSSR count). The quantitative estimate of drug-likeness (QED) is 0.630. The molecule has 138 valence electrons. The molecule has 3 aromatic rings. The molecule has 0 aliphatic heterocycles. The number of thioether (sulfide) groups is 1. The fourth-order valence-electron chi connectivity index (χ4n) is 2.38. The number of carbonyl (C=O) groups is 2. The van der Waals surface area contributed by atoms with Crippen LogP contribution in [0.15, 0.2) is 47.6 Å². The summed E-state index contributed by atoms with van der Waals surface area (Å²) in [6.07, 6.45) is 0. The van der Waals surface area contributed by atoms with Gasteiger partial charge in [0, 0.05) is 0 Å². The van der Waals surface area contributed by atoms with Crippen molar-refractivity contribution in [3.8, 4) is 5.69 Å². The molecule has 9 heteroatoms. The number of aryl methyl sites for hydroxylation is 2. The second kappa shape index (κ2) is 8.00. The topological polar surface area (TPSA) is 110 Å². The molecule has 27 heavy (non-hydrogen) atoms. The maximum absolute atomic E-state index is 12.2. The summed E-state index contributed by atoms with van der Waals surface area (Å²) in [6.45, 7) is 4.02. The fourth-order valence-corrected chi connectivity index (χ4v) is 3.07. The number of rotatable bonds is 6. The average molecular weight is 383 g/mol. The lowest BCUT2D eigenvalue weighted by atomic mass is 10.1. The number of aromatic nitrogens is 4. The van der Waals surface area contributed by atoms with Gasteiger partial charge in [-0.15, -0.1) is 5.10 Å². The van der Waals surface area contributed by atoms with E-state index >= 15 is 0 Å². The summed E-state index contributed by atoms with van der Waals surface area (Å²) in [4.78, 5) is 23.4. The molecule has 1 amide bonds. The van der Waals surface area contributed by atoms with Crippen molar-refractivity contribution in [1.29, 1.82) is 0 Å². The van der Waals surface area contributed by atoms with Crippen LogP contribution in [0.4, 0.5) is 5.69 Å². The fraction of sp³-hybridized carbons (Fsp3) is 0.167. The minimum atomic E-state index is -1.10. The number of carboxylic acid groups (broad SMARTS) is 1. The molecular formula is C18H17N5O3S. The second-order valence-electron chi connectivity index (χ2n) is 5.83. The van der Waals surface area contributed by atoms with Gasteiger partial charge in [0.05, 0.1) is 22.7 Å². The van der Waals surface area contributed by atoms with E-state index in [0.29, 0.717) is 5.16 Å². The molecule has 2 N–H and O–H groups in total. The molecule has 1 aromatic heterocycles. The van der Waals surface area contributed by atoms with E-state index in [1.807, 2.05) is 32.0 Å². The van der Waals surface area contributed by atoms with Crippen LogP contribution >= 0.6 is 11.8 Å². The lowest BCUT2D eigenvalue weighted by Crippen LogP contribution is -2.17. The van der Waals surface area contributed by atoms with Crippen LogP contribution in [0.5, 0.6) is 0 Å². The predicted octanol–water partition coefficient (Wildman–Crippen LogP) is 2.71. The normalized spacial score (nSPS) is 10.6. The second-order valence-corrected chi connectivity index (χ2v) is 6.77. The maximum Gasteiger partial charge on any atom is 0.337 e. The van der Waals surface area contributed by atoms with Crippen LogP contribution in [0.25, 0.3) is 5.69 Å². The van der Waals surface area contributed by atoms with Crippen molar-refractivity contribution in [3.63, 3.8) is 0 Å². The summed E-state index contributed by atoms with van der Waals surface area (Å²) in [5.41, 5.74) is 3.38. The van der Waals surface area contributed by atoms with E-state index in [1.54, 1.807) is 22.9 Å². The molecule has 0 spiro atoms. The van der Waals surface area contributed by atoms with Gasteiger partial charge in [-0.25, -0.2) is 4.79 Å². The molecule has 0 radical (unpaired) electrons. The van der Waals surface area contributed by atoms with Gasteiger partial charge in [0.15, 0.2) is 0 Å². The first-order valence-corrected chi connectivity index (χ1v) is 9.05. The molecule has 0 saturated heterocycles. The molecule has 0 fully saturated rings. The molecule has 0 saturated carbocycles. The molecule has 0 atom stereocenters. The van der Waals surface area contributed by atoms with Gasteiger partial charge in [0.25, 0.3) is 0 Å². The SMILES string of the molecule is Cc1ccc(-n2nnnc2SCC(=O)Nc2ccccc2C(=O)O)cc1C. The zero-order chi connectivity index (χ0) is 19.4. The van der Waals surface area contributed by atoms with Gasteiger partial charge in [-0.3, -0.25) is 4.79 Å². The smallest absolute Gasteiger partial charge is 0.337 e. The number of amides is 1. The Labute approximate surface area is 159 Å². The largest absolute Gasteiger partial charge is 0.478 e. The number of hydrogen-bond donors (Lipinski definition) is 2. The molecule has 2 aromatic carbocycles. The van der Waals surface area contributed by atoms with E-state index < -0.39 is 5.97 Å². The Morgan fingerprint density at radius 2 is 1.93 bits per heavy atom. The van der Waals surface area contributed by atoms with Crippen LogP contribution in [0.1, 0.15) is 21.5 Å². The third-order valence-electron chi connectivity index (χ3n) is 3.94. The van der Waals surface area contributed by atoms with Crippen molar-refractivity contribution < 1.29 is 14.7 Å². The van der Waals surface area contributed by atoms with E-state index in [1.165, 1.54) is 17.8 Å². The molecule has 0 aliphatic carbocycles. The minimum Gasteiger partial charge on any atom is -0.478 e. The first kappa shape index (κ1) is 18.6. The number of carbonyl (C=O) groups excluding carboxylic acids is 1. The third kappa shape index (κ3) is 4.32. The van der Waals surface area contributed by atoms with Gasteiger partial charge in [0.2, 0.25) is 11.1 Å². The molecule has 1 heterocycles. The highest BCUT2D eigenvalue weighted by molar-refractivity contribution is 7.99. The van der Waals surface area contributed by atoms with E-state index in [2.05, 4.69) is 20.8 Å². The van der Waals surface area contributed by atoms with Crippen LogP contribution in [0.2, 0.25) is 0 Å². The number of para-hydroxylation sites is 1. The maximum atomic E-state index is 12.2. The highest BCUT2D eigenvalue weighted by Gasteiger charge is 2.15. The van der Waals surface area contributed by atoms with Crippen molar-refractivity contribution in [2.75, 3.05) is 11.1 Å². The van der Waals surface area contributed by atoms with Crippen LogP contribution in [-0.4, -0.2) is 42.9 Å². The zero-order valence-corrected chi connectivity index (χ0v) is 15.5. The predicted molar refractivity (Wildman–Crippen MR) is 101 cm³/mol. The van der Waals surface area contributed by atoms with Crippen LogP contribution in [0, 0.1) is 13.8 Å². The zero-order valence-electron chi connectivity index (χ0n) is 14.7. The molecular weight excluding hydrogens is 366 g/mol. The summed E-state index contributed by atoms with van der Waals surface area (Å²) in [5.74, 6) is -1.40. The monoisotopic (exact) mass is 383 g/mol. The summed E-state index contributed by atoms with van der Waals surface area (Å²) < 4.78 is 1.57. The Morgan fingerprint density at radius 1 is 1.15 bits per heavy atom. The van der Waals surface area contributed by atoms with Crippen molar-refractivity contribution in [1.82, 2.24) is 20.2 Å². The van der Waals surface area contributed by atoms with Crippen LogP contribution in [0.3, 0.4) is 0 Å². The third-order valence-corrected chi connectivity index (χ3v) is 4.86. The van der Waals surface area contributed by atoms with Crippen LogP contribution in [-0.2, 0) is 4.79 Å². The number of aromatic carboxylic acids is 1. The van der Waals surface area contributed by atoms with Gasteiger partial charge in [-0.05, 0) is 59.7 Å². The van der Waals surface area contributed by atoms with E-state index in [9.17, 15) is 14.7 Å². The highest BCUT2D eigenvalue weighted by atomic mass is 32.2.